The first-order chi connectivity index (χ1) is 9.13. The number of rotatable bonds is 4. The molecule has 106 valence electrons. The second-order valence-electron chi connectivity index (χ2n) is 5.33. The van der Waals surface area contributed by atoms with E-state index in [1.807, 2.05) is 6.07 Å². The number of aryl methyl sites for hydroxylation is 1. The summed E-state index contributed by atoms with van der Waals surface area (Å²) in [4.78, 5) is 14.2. The molecule has 1 aromatic heterocycles. The number of aliphatic hydroxyl groups is 1. The van der Waals surface area contributed by atoms with Crippen LogP contribution in [0.15, 0.2) is 6.07 Å². The van der Waals surface area contributed by atoms with E-state index >= 15 is 0 Å². The molecule has 2 N–H and O–H groups in total. The average molecular weight is 265 g/mol. The molecule has 1 aromatic rings. The van der Waals surface area contributed by atoms with Crippen LogP contribution in [0.2, 0.25) is 0 Å². The van der Waals surface area contributed by atoms with Gasteiger partial charge in [0.05, 0.1) is 12.1 Å². The van der Waals surface area contributed by atoms with Crippen LogP contribution in [0.5, 0.6) is 0 Å². The first-order valence-corrected chi connectivity index (χ1v) is 7.16. The second kappa shape index (κ2) is 6.19. The summed E-state index contributed by atoms with van der Waals surface area (Å²) in [5.74, 6) is -0.0656. The first kappa shape index (κ1) is 14.1. The molecule has 5 heteroatoms. The van der Waals surface area contributed by atoms with Gasteiger partial charge in [0.25, 0.3) is 5.91 Å². The molecule has 19 heavy (non-hydrogen) atoms. The van der Waals surface area contributed by atoms with Gasteiger partial charge >= 0.3 is 0 Å². The molecule has 0 saturated carbocycles. The highest BCUT2D eigenvalue weighted by atomic mass is 16.3. The number of aromatic amines is 1. The highest BCUT2D eigenvalue weighted by Crippen LogP contribution is 2.21. The highest BCUT2D eigenvalue weighted by Gasteiger charge is 2.31. The predicted octanol–water partition coefficient (Wildman–Crippen LogP) is 1.74. The number of aromatic nitrogens is 2. The van der Waals surface area contributed by atoms with Crippen molar-refractivity contribution in [2.24, 2.45) is 0 Å². The van der Waals surface area contributed by atoms with E-state index in [-0.39, 0.29) is 11.9 Å². The molecule has 1 saturated heterocycles. The zero-order chi connectivity index (χ0) is 13.8. The van der Waals surface area contributed by atoms with Crippen LogP contribution in [-0.4, -0.2) is 44.8 Å². The van der Waals surface area contributed by atoms with Crippen LogP contribution < -0.4 is 0 Å². The van der Waals surface area contributed by atoms with Crippen LogP contribution in [0, 0.1) is 0 Å². The zero-order valence-electron chi connectivity index (χ0n) is 11.7. The fourth-order valence-corrected chi connectivity index (χ4v) is 2.73. The summed E-state index contributed by atoms with van der Waals surface area (Å²) in [7, 11) is 0. The molecule has 0 aliphatic carbocycles. The number of amides is 1. The number of H-pyrrole nitrogens is 1. The van der Waals surface area contributed by atoms with Crippen LogP contribution in [-0.2, 0) is 6.42 Å². The van der Waals surface area contributed by atoms with Gasteiger partial charge in [-0.2, -0.15) is 5.10 Å². The lowest BCUT2D eigenvalue weighted by Crippen LogP contribution is -2.49. The average Bonchev–Trinajstić information content (AvgIpc) is 2.87. The van der Waals surface area contributed by atoms with Gasteiger partial charge in [-0.15, -0.1) is 0 Å². The van der Waals surface area contributed by atoms with Crippen LogP contribution in [0.4, 0.5) is 0 Å². The predicted molar refractivity (Wildman–Crippen MR) is 72.9 cm³/mol. The molecule has 2 unspecified atom stereocenters. The Morgan fingerprint density at radius 3 is 3.11 bits per heavy atom. The third-order valence-electron chi connectivity index (χ3n) is 3.74. The molecule has 1 fully saturated rings. The quantitative estimate of drug-likeness (QED) is 0.871. The van der Waals surface area contributed by atoms with E-state index in [2.05, 4.69) is 17.1 Å². The standard InChI is InChI=1S/C14H23N3O2/c1-3-6-11-9-12(16-15-11)14(19)17-8-5-4-7-13(17)10(2)18/h9-10,13,18H,3-8H2,1-2H3,(H,15,16). The molecule has 1 aliphatic heterocycles. The van der Waals surface area contributed by atoms with E-state index in [9.17, 15) is 9.90 Å². The summed E-state index contributed by atoms with van der Waals surface area (Å²) in [6, 6.07) is 1.76. The van der Waals surface area contributed by atoms with Crippen LogP contribution in [0.1, 0.15) is 55.7 Å². The first-order valence-electron chi connectivity index (χ1n) is 7.16. The van der Waals surface area contributed by atoms with E-state index < -0.39 is 6.10 Å². The molecule has 2 rings (SSSR count). The second-order valence-corrected chi connectivity index (χ2v) is 5.33. The lowest BCUT2D eigenvalue weighted by atomic mass is 9.97. The molecule has 0 spiro atoms. The maximum absolute atomic E-state index is 12.5. The fraction of sp³-hybridized carbons (Fsp3) is 0.714. The summed E-state index contributed by atoms with van der Waals surface area (Å²) in [6.45, 7) is 4.56. The maximum Gasteiger partial charge on any atom is 0.274 e. The van der Waals surface area contributed by atoms with Crippen LogP contribution in [0.25, 0.3) is 0 Å². The number of aliphatic hydroxyl groups excluding tert-OH is 1. The van der Waals surface area contributed by atoms with E-state index in [4.69, 9.17) is 0 Å². The van der Waals surface area contributed by atoms with E-state index in [1.165, 1.54) is 0 Å². The largest absolute Gasteiger partial charge is 0.391 e. The van der Waals surface area contributed by atoms with Crippen molar-refractivity contribution in [2.75, 3.05) is 6.54 Å². The topological polar surface area (TPSA) is 69.2 Å². The summed E-state index contributed by atoms with van der Waals surface area (Å²) in [5, 5.41) is 16.8. The third-order valence-corrected chi connectivity index (χ3v) is 3.74. The molecule has 0 aromatic carbocycles. The molecular weight excluding hydrogens is 242 g/mol. The Labute approximate surface area is 114 Å². The SMILES string of the molecule is CCCc1cc(C(=O)N2CCCCC2C(C)O)n[nH]1. The number of hydrogen-bond donors (Lipinski definition) is 2. The van der Waals surface area contributed by atoms with Crippen molar-refractivity contribution in [1.82, 2.24) is 15.1 Å². The Hall–Kier alpha value is -1.36. The van der Waals surface area contributed by atoms with E-state index in [1.54, 1.807) is 11.8 Å². The molecular formula is C14H23N3O2. The minimum absolute atomic E-state index is 0.0656. The van der Waals surface area contributed by atoms with Crippen molar-refractivity contribution in [2.45, 2.75) is 58.1 Å². The van der Waals surface area contributed by atoms with Gasteiger partial charge in [0.2, 0.25) is 0 Å². The van der Waals surface area contributed by atoms with Gasteiger partial charge in [-0.3, -0.25) is 9.89 Å². The number of carbonyl (C=O) groups excluding carboxylic acids is 1. The minimum Gasteiger partial charge on any atom is -0.391 e. The number of nitrogens with zero attached hydrogens (tertiary/aromatic N) is 2. The van der Waals surface area contributed by atoms with Gasteiger partial charge in [-0.1, -0.05) is 13.3 Å². The Morgan fingerprint density at radius 2 is 2.42 bits per heavy atom. The molecule has 0 bridgehead atoms. The van der Waals surface area contributed by atoms with E-state index in [0.29, 0.717) is 12.2 Å². The number of nitrogens with one attached hydrogen (secondary N) is 1. The number of likely N-dealkylation sites (tertiary alicyclic amines) is 1. The van der Waals surface area contributed by atoms with Gasteiger partial charge < -0.3 is 10.0 Å². The maximum atomic E-state index is 12.5. The van der Waals surface area contributed by atoms with Crippen molar-refractivity contribution in [3.05, 3.63) is 17.5 Å². The molecule has 2 atom stereocenters. The zero-order valence-corrected chi connectivity index (χ0v) is 11.7. The molecule has 5 nitrogen and oxygen atoms in total. The molecule has 1 aliphatic rings. The Morgan fingerprint density at radius 1 is 1.63 bits per heavy atom. The van der Waals surface area contributed by atoms with Gasteiger partial charge in [0.1, 0.15) is 5.69 Å². The van der Waals surface area contributed by atoms with Gasteiger partial charge in [0.15, 0.2) is 0 Å². The Kier molecular flexibility index (Phi) is 4.58. The monoisotopic (exact) mass is 265 g/mol. The Bertz CT molecular complexity index is 428. The molecule has 0 radical (unpaired) electrons. The van der Waals surface area contributed by atoms with Gasteiger partial charge in [-0.05, 0) is 38.7 Å². The van der Waals surface area contributed by atoms with E-state index in [0.717, 1.165) is 37.8 Å². The normalized spacial score (nSPS) is 21.4. The third kappa shape index (κ3) is 3.15. The summed E-state index contributed by atoms with van der Waals surface area (Å²) in [5.41, 5.74) is 1.47. The summed E-state index contributed by atoms with van der Waals surface area (Å²) < 4.78 is 0. The Balaban J connectivity index is 2.11. The lowest BCUT2D eigenvalue weighted by molar-refractivity contribution is 0.0276. The number of hydrogen-bond acceptors (Lipinski definition) is 3. The van der Waals surface area contributed by atoms with Crippen molar-refractivity contribution >= 4 is 5.91 Å². The van der Waals surface area contributed by atoms with Gasteiger partial charge in [-0.25, -0.2) is 0 Å². The lowest BCUT2D eigenvalue weighted by Gasteiger charge is -2.37. The van der Waals surface area contributed by atoms with Crippen molar-refractivity contribution in [3.63, 3.8) is 0 Å². The summed E-state index contributed by atoms with van der Waals surface area (Å²) in [6.07, 6.45) is 4.38. The molecule has 2 heterocycles. The van der Waals surface area contributed by atoms with Crippen molar-refractivity contribution in [3.8, 4) is 0 Å². The number of piperidine rings is 1. The van der Waals surface area contributed by atoms with Gasteiger partial charge in [0, 0.05) is 12.2 Å². The van der Waals surface area contributed by atoms with Crippen molar-refractivity contribution in [1.29, 1.82) is 0 Å². The smallest absolute Gasteiger partial charge is 0.274 e. The highest BCUT2D eigenvalue weighted by molar-refractivity contribution is 5.92. The molecule has 1 amide bonds. The van der Waals surface area contributed by atoms with Crippen molar-refractivity contribution < 1.29 is 9.90 Å². The van der Waals surface area contributed by atoms with Crippen LogP contribution >= 0.6 is 0 Å². The van der Waals surface area contributed by atoms with Crippen LogP contribution in [0.3, 0.4) is 0 Å². The minimum atomic E-state index is -0.488. The number of carbonyl (C=O) groups is 1. The fourth-order valence-electron chi connectivity index (χ4n) is 2.73. The summed E-state index contributed by atoms with van der Waals surface area (Å²) >= 11 is 0.